The fraction of sp³-hybridized carbons (Fsp3) is 0.444. The molecular weight excluding hydrogens is 390 g/mol. The Balaban J connectivity index is 1.91. The van der Waals surface area contributed by atoms with Gasteiger partial charge in [-0.15, -0.1) is 0 Å². The summed E-state index contributed by atoms with van der Waals surface area (Å²) >= 11 is 1.09. The lowest BCUT2D eigenvalue weighted by molar-refractivity contribution is -0.296. The largest absolute Gasteiger partial charge is 0.456 e. The average Bonchev–Trinajstić information content (AvgIpc) is 3.06. The van der Waals surface area contributed by atoms with E-state index in [0.717, 1.165) is 17.3 Å². The summed E-state index contributed by atoms with van der Waals surface area (Å²) in [6.07, 6.45) is -3.32. The van der Waals surface area contributed by atoms with Crippen LogP contribution in [0.4, 0.5) is 0 Å². The number of rotatable bonds is 4. The number of carbonyl (C=O) groups excluding carboxylic acids is 3. The molecule has 2 aliphatic rings. The summed E-state index contributed by atoms with van der Waals surface area (Å²) in [6, 6.07) is 9.21. The molecule has 10 heteroatoms. The molecule has 1 saturated heterocycles. The molecular formula is C18H19NO8S. The van der Waals surface area contributed by atoms with Gasteiger partial charge in [-0.1, -0.05) is 35.5 Å². The van der Waals surface area contributed by atoms with E-state index in [0.29, 0.717) is 5.04 Å². The van der Waals surface area contributed by atoms with Gasteiger partial charge in [0, 0.05) is 26.3 Å². The number of nitrogens with zero attached hydrogens (tertiary/aromatic N) is 1. The first-order chi connectivity index (χ1) is 13.3. The predicted molar refractivity (Wildman–Crippen MR) is 97.0 cm³/mol. The molecule has 1 spiro atoms. The van der Waals surface area contributed by atoms with Crippen LogP contribution in [-0.4, -0.2) is 53.0 Å². The molecule has 0 aliphatic carbocycles. The highest BCUT2D eigenvalue weighted by Gasteiger charge is 2.62. The summed E-state index contributed by atoms with van der Waals surface area (Å²) in [5.41, 5.74) is 0.778. The quantitative estimate of drug-likeness (QED) is 0.541. The molecule has 9 nitrogen and oxygen atoms in total. The van der Waals surface area contributed by atoms with Gasteiger partial charge in [-0.3, -0.25) is 14.4 Å². The molecule has 1 aromatic rings. The Morgan fingerprint density at radius 3 is 2.29 bits per heavy atom. The van der Waals surface area contributed by atoms with Crippen LogP contribution < -0.4 is 0 Å². The maximum absolute atomic E-state index is 11.7. The van der Waals surface area contributed by atoms with E-state index in [-0.39, 0.29) is 6.61 Å². The van der Waals surface area contributed by atoms with E-state index < -0.39 is 41.3 Å². The van der Waals surface area contributed by atoms with Crippen molar-refractivity contribution in [2.75, 3.05) is 6.61 Å². The highest BCUT2D eigenvalue weighted by Crippen LogP contribution is 2.46. The minimum atomic E-state index is -1.58. The molecule has 150 valence electrons. The Morgan fingerprint density at radius 2 is 1.68 bits per heavy atom. The third kappa shape index (κ3) is 4.28. The zero-order valence-electron chi connectivity index (χ0n) is 15.4. The standard InChI is InChI=1S/C18H19NO8S/c1-10(20)24-14-9-23-18(16(26-12(3)22)15(14)25-11(2)21)27-19-17(28-18)13-7-5-4-6-8-13/h4-8,14-16H,9H2,1-3H3/t14-,15+,16-,18-/m1/s1. The van der Waals surface area contributed by atoms with Gasteiger partial charge >= 0.3 is 23.0 Å². The number of benzene rings is 1. The fourth-order valence-electron chi connectivity index (χ4n) is 2.87. The van der Waals surface area contributed by atoms with Crippen molar-refractivity contribution in [1.82, 2.24) is 0 Å². The summed E-state index contributed by atoms with van der Waals surface area (Å²) < 4.78 is 21.7. The van der Waals surface area contributed by atoms with Crippen LogP contribution in [0.25, 0.3) is 0 Å². The van der Waals surface area contributed by atoms with Crippen molar-refractivity contribution < 1.29 is 38.2 Å². The van der Waals surface area contributed by atoms with E-state index >= 15 is 0 Å². The van der Waals surface area contributed by atoms with E-state index in [4.69, 9.17) is 23.8 Å². The second-order valence-electron chi connectivity index (χ2n) is 6.12. The highest BCUT2D eigenvalue weighted by molar-refractivity contribution is 8.15. The Bertz CT molecular complexity index is 798. The molecule has 0 aromatic heterocycles. The number of carbonyl (C=O) groups is 3. The Hall–Kier alpha value is -2.59. The second kappa shape index (κ2) is 8.19. The first-order valence-electron chi connectivity index (χ1n) is 8.47. The van der Waals surface area contributed by atoms with Crippen molar-refractivity contribution in [3.8, 4) is 0 Å². The molecule has 2 aliphatic heterocycles. The number of ether oxygens (including phenoxy) is 4. The van der Waals surface area contributed by atoms with Crippen molar-refractivity contribution in [1.29, 1.82) is 0 Å². The van der Waals surface area contributed by atoms with Crippen LogP contribution in [-0.2, 0) is 38.2 Å². The van der Waals surface area contributed by atoms with E-state index in [9.17, 15) is 14.4 Å². The van der Waals surface area contributed by atoms with Gasteiger partial charge in [0.1, 0.15) is 5.04 Å². The molecule has 4 atom stereocenters. The maximum Gasteiger partial charge on any atom is 0.332 e. The third-order valence-electron chi connectivity index (χ3n) is 3.89. The lowest BCUT2D eigenvalue weighted by atomic mass is 10.0. The normalized spacial score (nSPS) is 28.8. The lowest BCUT2D eigenvalue weighted by Crippen LogP contribution is -2.62. The van der Waals surface area contributed by atoms with Gasteiger partial charge in [0.2, 0.25) is 6.10 Å². The number of hydrogen-bond donors (Lipinski definition) is 0. The molecule has 0 unspecified atom stereocenters. The van der Waals surface area contributed by atoms with Gasteiger partial charge < -0.3 is 23.8 Å². The van der Waals surface area contributed by atoms with Gasteiger partial charge in [0.15, 0.2) is 12.2 Å². The van der Waals surface area contributed by atoms with Crippen LogP contribution >= 0.6 is 11.8 Å². The molecule has 0 bridgehead atoms. The molecule has 2 heterocycles. The molecule has 0 N–H and O–H groups in total. The highest BCUT2D eigenvalue weighted by atomic mass is 32.2. The molecule has 28 heavy (non-hydrogen) atoms. The van der Waals surface area contributed by atoms with Crippen LogP contribution in [0.15, 0.2) is 35.5 Å². The van der Waals surface area contributed by atoms with Crippen LogP contribution in [0.5, 0.6) is 0 Å². The minimum absolute atomic E-state index is 0.139. The second-order valence-corrected chi connectivity index (χ2v) is 7.28. The van der Waals surface area contributed by atoms with Gasteiger partial charge in [0.05, 0.1) is 6.61 Å². The van der Waals surface area contributed by atoms with Gasteiger partial charge in [-0.2, -0.15) is 0 Å². The van der Waals surface area contributed by atoms with Crippen molar-refractivity contribution in [2.45, 2.75) is 44.2 Å². The van der Waals surface area contributed by atoms with Gasteiger partial charge in [-0.25, -0.2) is 0 Å². The van der Waals surface area contributed by atoms with E-state index in [1.807, 2.05) is 30.3 Å². The molecule has 1 aromatic carbocycles. The first-order valence-corrected chi connectivity index (χ1v) is 9.28. The number of thioether (sulfide) groups is 1. The van der Waals surface area contributed by atoms with Crippen LogP contribution in [0.3, 0.4) is 0 Å². The molecule has 0 amide bonds. The lowest BCUT2D eigenvalue weighted by Gasteiger charge is -2.43. The van der Waals surface area contributed by atoms with Crippen LogP contribution in [0.2, 0.25) is 0 Å². The number of hydrogen-bond acceptors (Lipinski definition) is 10. The SMILES string of the molecule is CC(=O)O[C@@H]1[C@@H](OC(C)=O)[C@@]2(OC[C@H]1OC(C)=O)ON=C(c1ccccc1)S2. The van der Waals surface area contributed by atoms with Crippen molar-refractivity contribution in [2.24, 2.45) is 5.16 Å². The smallest absolute Gasteiger partial charge is 0.332 e. The zero-order chi connectivity index (χ0) is 20.3. The van der Waals surface area contributed by atoms with Crippen molar-refractivity contribution in [3.63, 3.8) is 0 Å². The summed E-state index contributed by atoms with van der Waals surface area (Å²) in [4.78, 5) is 40.4. The Labute approximate surface area is 165 Å². The van der Waals surface area contributed by atoms with Crippen LogP contribution in [0.1, 0.15) is 26.3 Å². The average molecular weight is 409 g/mol. The van der Waals surface area contributed by atoms with Gasteiger partial charge in [-0.05, 0) is 11.8 Å². The first kappa shape index (κ1) is 20.2. The van der Waals surface area contributed by atoms with Gasteiger partial charge in [0.25, 0.3) is 0 Å². The minimum Gasteiger partial charge on any atom is -0.456 e. The summed E-state index contributed by atoms with van der Waals surface area (Å²) in [6.45, 7) is 3.48. The van der Waals surface area contributed by atoms with Crippen LogP contribution in [0, 0.1) is 0 Å². The maximum atomic E-state index is 11.7. The number of oxime groups is 1. The Kier molecular flexibility index (Phi) is 5.90. The van der Waals surface area contributed by atoms with E-state index in [2.05, 4.69) is 5.16 Å². The summed E-state index contributed by atoms with van der Waals surface area (Å²) in [7, 11) is 0. The predicted octanol–water partition coefficient (Wildman–Crippen LogP) is 1.59. The fourth-order valence-corrected chi connectivity index (χ4v) is 3.97. The Morgan fingerprint density at radius 1 is 1.04 bits per heavy atom. The summed E-state index contributed by atoms with van der Waals surface area (Å²) in [5.74, 6) is -1.88. The zero-order valence-corrected chi connectivity index (χ0v) is 16.3. The molecule has 1 fully saturated rings. The van der Waals surface area contributed by atoms with Crippen molar-refractivity contribution in [3.05, 3.63) is 35.9 Å². The third-order valence-corrected chi connectivity index (χ3v) is 5.10. The van der Waals surface area contributed by atoms with E-state index in [1.54, 1.807) is 0 Å². The topological polar surface area (TPSA) is 110 Å². The number of esters is 3. The summed E-state index contributed by atoms with van der Waals surface area (Å²) in [5, 5.41) is 2.98. The van der Waals surface area contributed by atoms with Crippen molar-refractivity contribution >= 4 is 34.7 Å². The monoisotopic (exact) mass is 409 g/mol. The molecule has 0 saturated carbocycles. The molecule has 3 rings (SSSR count). The van der Waals surface area contributed by atoms with E-state index in [1.165, 1.54) is 20.8 Å². The molecule has 0 radical (unpaired) electrons.